The summed E-state index contributed by atoms with van der Waals surface area (Å²) in [7, 11) is 0. The first kappa shape index (κ1) is 16.1. The Balaban J connectivity index is 2.23. The van der Waals surface area contributed by atoms with Crippen molar-refractivity contribution in [2.45, 2.75) is 6.18 Å². The van der Waals surface area contributed by atoms with Gasteiger partial charge in [-0.3, -0.25) is 0 Å². The molecule has 0 unspecified atom stereocenters. The van der Waals surface area contributed by atoms with Crippen molar-refractivity contribution in [3.63, 3.8) is 0 Å². The summed E-state index contributed by atoms with van der Waals surface area (Å²) in [5.74, 6) is -0.0891. The topological polar surface area (TPSA) is 77.6 Å². The van der Waals surface area contributed by atoms with Crippen LogP contribution in [-0.2, 0) is 6.18 Å². The Morgan fingerprint density at radius 3 is 2.25 bits per heavy atom. The van der Waals surface area contributed by atoms with Crippen LogP contribution >= 0.6 is 11.6 Å². The molecule has 0 aliphatic heterocycles. The minimum atomic E-state index is -4.64. The van der Waals surface area contributed by atoms with Gasteiger partial charge < -0.3 is 5.73 Å². The Kier molecular flexibility index (Phi) is 4.06. The molecule has 0 bridgehead atoms. The smallest absolute Gasteiger partial charge is 0.366 e. The van der Waals surface area contributed by atoms with E-state index < -0.39 is 11.9 Å². The summed E-state index contributed by atoms with van der Waals surface area (Å²) in [5, 5.41) is 7.23. The first-order valence-corrected chi connectivity index (χ1v) is 7.03. The van der Waals surface area contributed by atoms with Crippen LogP contribution in [-0.4, -0.2) is 20.2 Å². The Morgan fingerprint density at radius 1 is 0.875 bits per heavy atom. The molecule has 0 atom stereocenters. The summed E-state index contributed by atoms with van der Waals surface area (Å²) in [4.78, 5) is 7.40. The first-order valence-electron chi connectivity index (χ1n) is 6.65. The van der Waals surface area contributed by atoms with E-state index in [-0.39, 0.29) is 22.4 Å². The quantitative estimate of drug-likeness (QED) is 0.709. The lowest BCUT2D eigenvalue weighted by Gasteiger charge is -2.11. The Bertz CT molecular complexity index is 884. The lowest BCUT2D eigenvalue weighted by molar-refractivity contribution is -0.141. The van der Waals surface area contributed by atoms with E-state index >= 15 is 0 Å². The largest absolute Gasteiger partial charge is 0.433 e. The monoisotopic (exact) mass is 351 g/mol. The molecule has 0 fully saturated rings. The molecule has 2 heterocycles. The highest BCUT2D eigenvalue weighted by atomic mass is 35.5. The van der Waals surface area contributed by atoms with E-state index in [1.54, 1.807) is 30.3 Å². The van der Waals surface area contributed by atoms with Crippen LogP contribution < -0.4 is 5.73 Å². The number of aromatic nitrogens is 4. The maximum Gasteiger partial charge on any atom is 0.433 e. The molecule has 2 aromatic heterocycles. The SMILES string of the molecule is Nc1nnc(-c2cc(Cl)nc(C(F)(F)F)c2)c(-c2ccccc2)n1. The standard InChI is InChI=1S/C15H9ClF3N5/c16-11-7-9(6-10(21-11)15(17,18)19)13-12(22-14(20)24-23-13)8-4-2-1-3-5-8/h1-7H,(H2,20,22,24). The van der Waals surface area contributed by atoms with Gasteiger partial charge in [0.15, 0.2) is 0 Å². The third kappa shape index (κ3) is 3.28. The van der Waals surface area contributed by atoms with E-state index in [1.165, 1.54) is 6.07 Å². The van der Waals surface area contributed by atoms with Crippen LogP contribution in [0.5, 0.6) is 0 Å². The van der Waals surface area contributed by atoms with Crippen molar-refractivity contribution in [3.8, 4) is 22.5 Å². The average Bonchev–Trinajstić information content (AvgIpc) is 2.54. The second-order valence-corrected chi connectivity index (χ2v) is 5.18. The number of nitrogens with two attached hydrogens (primary N) is 1. The van der Waals surface area contributed by atoms with Crippen molar-refractivity contribution in [3.05, 3.63) is 53.3 Å². The minimum Gasteiger partial charge on any atom is -0.366 e. The molecule has 0 amide bonds. The van der Waals surface area contributed by atoms with Gasteiger partial charge in [-0.2, -0.15) is 13.2 Å². The molecule has 3 rings (SSSR count). The zero-order valence-corrected chi connectivity index (χ0v) is 12.7. The van der Waals surface area contributed by atoms with E-state index in [4.69, 9.17) is 17.3 Å². The van der Waals surface area contributed by atoms with E-state index in [0.29, 0.717) is 11.3 Å². The number of rotatable bonds is 2. The van der Waals surface area contributed by atoms with Crippen molar-refractivity contribution < 1.29 is 13.2 Å². The first-order chi connectivity index (χ1) is 11.3. The predicted molar refractivity (Wildman–Crippen MR) is 82.9 cm³/mol. The average molecular weight is 352 g/mol. The van der Waals surface area contributed by atoms with E-state index in [2.05, 4.69) is 20.2 Å². The third-order valence-electron chi connectivity index (χ3n) is 3.11. The molecule has 24 heavy (non-hydrogen) atoms. The van der Waals surface area contributed by atoms with Gasteiger partial charge in [0.05, 0.1) is 0 Å². The Morgan fingerprint density at radius 2 is 1.58 bits per heavy atom. The molecule has 9 heteroatoms. The Hall–Kier alpha value is -2.74. The van der Waals surface area contributed by atoms with E-state index in [9.17, 15) is 13.2 Å². The van der Waals surface area contributed by atoms with Crippen molar-refractivity contribution >= 4 is 17.5 Å². The van der Waals surface area contributed by atoms with Gasteiger partial charge in [0, 0.05) is 11.1 Å². The summed E-state index contributed by atoms with van der Waals surface area (Å²) < 4.78 is 38.9. The molecule has 0 aliphatic rings. The van der Waals surface area contributed by atoms with E-state index in [1.807, 2.05) is 0 Å². The van der Waals surface area contributed by atoms with Gasteiger partial charge in [-0.05, 0) is 12.1 Å². The molecule has 1 aromatic carbocycles. The van der Waals surface area contributed by atoms with Crippen molar-refractivity contribution in [2.24, 2.45) is 0 Å². The molecular weight excluding hydrogens is 343 g/mol. The number of nitrogens with zero attached hydrogens (tertiary/aromatic N) is 4. The maximum atomic E-state index is 13.0. The van der Waals surface area contributed by atoms with Crippen molar-refractivity contribution in [2.75, 3.05) is 5.73 Å². The summed E-state index contributed by atoms with van der Waals surface area (Å²) in [5.41, 5.74) is 5.61. The molecule has 2 N–H and O–H groups in total. The number of benzene rings is 1. The van der Waals surface area contributed by atoms with Crippen LogP contribution in [0.2, 0.25) is 5.15 Å². The number of alkyl halides is 3. The third-order valence-corrected chi connectivity index (χ3v) is 3.30. The molecule has 0 aliphatic carbocycles. The second kappa shape index (κ2) is 6.04. The highest BCUT2D eigenvalue weighted by Gasteiger charge is 2.33. The van der Waals surface area contributed by atoms with Crippen LogP contribution in [0.4, 0.5) is 19.1 Å². The Labute approximate surface area is 139 Å². The van der Waals surface area contributed by atoms with Gasteiger partial charge in [-0.15, -0.1) is 10.2 Å². The summed E-state index contributed by atoms with van der Waals surface area (Å²) in [6, 6.07) is 10.9. The normalized spacial score (nSPS) is 11.5. The van der Waals surface area contributed by atoms with Crippen LogP contribution in [0.25, 0.3) is 22.5 Å². The highest BCUT2D eigenvalue weighted by molar-refractivity contribution is 6.29. The number of halogens is 4. The van der Waals surface area contributed by atoms with Crippen LogP contribution in [0, 0.1) is 0 Å². The number of nitrogen functional groups attached to an aromatic ring is 1. The fraction of sp³-hybridized carbons (Fsp3) is 0.0667. The zero-order chi connectivity index (χ0) is 17.3. The minimum absolute atomic E-state index is 0.0891. The molecule has 3 aromatic rings. The lowest BCUT2D eigenvalue weighted by atomic mass is 10.0. The molecule has 0 saturated heterocycles. The van der Waals surface area contributed by atoms with Crippen LogP contribution in [0.1, 0.15) is 5.69 Å². The van der Waals surface area contributed by atoms with Gasteiger partial charge >= 0.3 is 6.18 Å². The molecule has 0 spiro atoms. The number of hydrogen-bond acceptors (Lipinski definition) is 5. The number of pyridine rings is 1. The van der Waals surface area contributed by atoms with Crippen LogP contribution in [0.3, 0.4) is 0 Å². The van der Waals surface area contributed by atoms with Gasteiger partial charge in [-0.25, -0.2) is 9.97 Å². The second-order valence-electron chi connectivity index (χ2n) is 4.79. The van der Waals surface area contributed by atoms with Crippen molar-refractivity contribution in [1.29, 1.82) is 0 Å². The fourth-order valence-corrected chi connectivity index (χ4v) is 2.32. The van der Waals surface area contributed by atoms with Gasteiger partial charge in [-0.1, -0.05) is 41.9 Å². The van der Waals surface area contributed by atoms with E-state index in [0.717, 1.165) is 6.07 Å². The van der Waals surface area contributed by atoms with Gasteiger partial charge in [0.1, 0.15) is 22.2 Å². The fourth-order valence-electron chi connectivity index (χ4n) is 2.11. The zero-order valence-electron chi connectivity index (χ0n) is 11.9. The number of hydrogen-bond donors (Lipinski definition) is 1. The molecule has 5 nitrogen and oxygen atoms in total. The van der Waals surface area contributed by atoms with Crippen molar-refractivity contribution in [1.82, 2.24) is 20.2 Å². The summed E-state index contributed by atoms with van der Waals surface area (Å²) in [6.07, 6.45) is -4.64. The predicted octanol–water partition coefficient (Wildman–Crippen LogP) is 3.86. The van der Waals surface area contributed by atoms with Gasteiger partial charge in [0.25, 0.3) is 0 Å². The van der Waals surface area contributed by atoms with Crippen LogP contribution in [0.15, 0.2) is 42.5 Å². The lowest BCUT2D eigenvalue weighted by Crippen LogP contribution is -2.09. The molecule has 0 radical (unpaired) electrons. The molecule has 0 saturated carbocycles. The number of anilines is 1. The molecule has 122 valence electrons. The summed E-state index contributed by atoms with van der Waals surface area (Å²) in [6.45, 7) is 0. The summed E-state index contributed by atoms with van der Waals surface area (Å²) >= 11 is 5.73. The van der Waals surface area contributed by atoms with Gasteiger partial charge in [0.2, 0.25) is 5.95 Å². The maximum absolute atomic E-state index is 13.0. The highest BCUT2D eigenvalue weighted by Crippen LogP contribution is 2.34. The molecular formula is C15H9ClF3N5.